The van der Waals surface area contributed by atoms with Crippen molar-refractivity contribution in [3.63, 3.8) is 0 Å². The van der Waals surface area contributed by atoms with Gasteiger partial charge in [-0.05, 0) is 15.9 Å². The number of halogens is 1. The van der Waals surface area contributed by atoms with E-state index in [4.69, 9.17) is 5.73 Å². The van der Waals surface area contributed by atoms with Crippen molar-refractivity contribution < 1.29 is 4.79 Å². The van der Waals surface area contributed by atoms with Crippen LogP contribution in [0.1, 0.15) is 10.5 Å². The Labute approximate surface area is 104 Å². The standard InChI is InChI=1S/C8H8BrN5OS/c1-14-3-4(10)6(13-14)7(15)12-8-11-2-5(9)16-8/h2-3H,10H2,1H3,(H,11,12,15). The number of thiazole rings is 1. The maximum atomic E-state index is 11.7. The molecule has 0 aliphatic heterocycles. The summed E-state index contributed by atoms with van der Waals surface area (Å²) in [6.45, 7) is 0. The second kappa shape index (κ2) is 4.22. The molecule has 0 fully saturated rings. The summed E-state index contributed by atoms with van der Waals surface area (Å²) in [5.41, 5.74) is 6.18. The largest absolute Gasteiger partial charge is 0.396 e. The summed E-state index contributed by atoms with van der Waals surface area (Å²) in [7, 11) is 1.70. The van der Waals surface area contributed by atoms with Gasteiger partial charge in [-0.2, -0.15) is 5.10 Å². The first-order chi connectivity index (χ1) is 7.56. The van der Waals surface area contributed by atoms with Gasteiger partial charge in [-0.1, -0.05) is 11.3 Å². The van der Waals surface area contributed by atoms with E-state index in [1.807, 2.05) is 0 Å². The number of aromatic nitrogens is 3. The number of nitrogen functional groups attached to an aromatic ring is 1. The number of anilines is 2. The molecule has 16 heavy (non-hydrogen) atoms. The summed E-state index contributed by atoms with van der Waals surface area (Å²) < 4.78 is 2.33. The molecule has 0 saturated heterocycles. The molecule has 0 aliphatic rings. The lowest BCUT2D eigenvalue weighted by molar-refractivity contribution is 0.102. The number of hydrogen-bond donors (Lipinski definition) is 2. The molecule has 0 atom stereocenters. The first-order valence-electron chi connectivity index (χ1n) is 4.28. The molecule has 0 radical (unpaired) electrons. The number of hydrogen-bond acceptors (Lipinski definition) is 5. The highest BCUT2D eigenvalue weighted by Crippen LogP contribution is 2.23. The van der Waals surface area contributed by atoms with Crippen molar-refractivity contribution in [1.29, 1.82) is 0 Å². The zero-order chi connectivity index (χ0) is 11.7. The highest BCUT2D eigenvalue weighted by atomic mass is 79.9. The molecule has 84 valence electrons. The van der Waals surface area contributed by atoms with Crippen molar-refractivity contribution in [1.82, 2.24) is 14.8 Å². The third-order valence-corrected chi connectivity index (χ3v) is 3.16. The number of aryl methyl sites for hydroxylation is 1. The van der Waals surface area contributed by atoms with Crippen LogP contribution in [0.25, 0.3) is 0 Å². The molecule has 0 saturated carbocycles. The van der Waals surface area contributed by atoms with Crippen molar-refractivity contribution in [3.05, 3.63) is 21.9 Å². The Bertz CT molecular complexity index is 534. The molecule has 0 unspecified atom stereocenters. The molecule has 2 heterocycles. The molecular formula is C8H8BrN5OS. The van der Waals surface area contributed by atoms with Crippen LogP contribution in [-0.2, 0) is 7.05 Å². The highest BCUT2D eigenvalue weighted by Gasteiger charge is 2.15. The van der Waals surface area contributed by atoms with Crippen molar-refractivity contribution in [2.24, 2.45) is 7.05 Å². The Balaban J connectivity index is 2.17. The molecule has 8 heteroatoms. The van der Waals surface area contributed by atoms with Crippen LogP contribution in [0.4, 0.5) is 10.8 Å². The van der Waals surface area contributed by atoms with Gasteiger partial charge >= 0.3 is 0 Å². The van der Waals surface area contributed by atoms with E-state index in [-0.39, 0.29) is 11.6 Å². The van der Waals surface area contributed by atoms with Crippen molar-refractivity contribution in [3.8, 4) is 0 Å². The van der Waals surface area contributed by atoms with E-state index in [1.54, 1.807) is 19.4 Å². The maximum absolute atomic E-state index is 11.7. The maximum Gasteiger partial charge on any atom is 0.280 e. The van der Waals surface area contributed by atoms with E-state index in [9.17, 15) is 4.79 Å². The smallest absolute Gasteiger partial charge is 0.280 e. The van der Waals surface area contributed by atoms with Crippen LogP contribution < -0.4 is 11.1 Å². The summed E-state index contributed by atoms with van der Waals surface area (Å²) in [6.07, 6.45) is 3.19. The fourth-order valence-corrected chi connectivity index (χ4v) is 2.25. The van der Waals surface area contributed by atoms with Gasteiger partial charge in [0.1, 0.15) is 0 Å². The van der Waals surface area contributed by atoms with Crippen LogP contribution >= 0.6 is 27.3 Å². The predicted octanol–water partition coefficient (Wildman–Crippen LogP) is 1.47. The molecule has 0 aromatic carbocycles. The summed E-state index contributed by atoms with van der Waals surface area (Å²) in [5.74, 6) is -0.361. The average Bonchev–Trinajstić information content (AvgIpc) is 2.73. The summed E-state index contributed by atoms with van der Waals surface area (Å²) in [6, 6.07) is 0. The Hall–Kier alpha value is -1.41. The fraction of sp³-hybridized carbons (Fsp3) is 0.125. The number of nitrogens with one attached hydrogen (secondary N) is 1. The van der Waals surface area contributed by atoms with Gasteiger partial charge in [-0.25, -0.2) is 4.98 Å². The molecule has 1 amide bonds. The Morgan fingerprint density at radius 3 is 2.94 bits per heavy atom. The second-order valence-electron chi connectivity index (χ2n) is 3.03. The highest BCUT2D eigenvalue weighted by molar-refractivity contribution is 9.11. The quantitative estimate of drug-likeness (QED) is 0.879. The SMILES string of the molecule is Cn1cc(N)c(C(=O)Nc2ncc(Br)s2)n1. The Kier molecular flexibility index (Phi) is 2.92. The van der Waals surface area contributed by atoms with Gasteiger partial charge in [0.15, 0.2) is 10.8 Å². The molecule has 2 aromatic heterocycles. The molecular weight excluding hydrogens is 294 g/mol. The van der Waals surface area contributed by atoms with Crippen LogP contribution in [0, 0.1) is 0 Å². The monoisotopic (exact) mass is 301 g/mol. The molecule has 3 N–H and O–H groups in total. The van der Waals surface area contributed by atoms with E-state index in [2.05, 4.69) is 31.3 Å². The predicted molar refractivity (Wildman–Crippen MR) is 65.4 cm³/mol. The van der Waals surface area contributed by atoms with Gasteiger partial charge in [-0.3, -0.25) is 14.8 Å². The van der Waals surface area contributed by atoms with Gasteiger partial charge < -0.3 is 5.73 Å². The molecule has 0 bridgehead atoms. The zero-order valence-electron chi connectivity index (χ0n) is 8.27. The third kappa shape index (κ3) is 2.22. The van der Waals surface area contributed by atoms with Crippen molar-refractivity contribution >= 4 is 44.0 Å². The lowest BCUT2D eigenvalue weighted by Gasteiger charge is -1.98. The van der Waals surface area contributed by atoms with Gasteiger partial charge in [0.05, 0.1) is 15.7 Å². The lowest BCUT2D eigenvalue weighted by atomic mass is 10.3. The summed E-state index contributed by atoms with van der Waals surface area (Å²) >= 11 is 4.58. The van der Waals surface area contributed by atoms with Crippen LogP contribution in [0.2, 0.25) is 0 Å². The number of carbonyl (C=O) groups excluding carboxylic acids is 1. The minimum Gasteiger partial charge on any atom is -0.396 e. The molecule has 0 spiro atoms. The van der Waals surface area contributed by atoms with Crippen LogP contribution in [0.5, 0.6) is 0 Å². The first kappa shape index (κ1) is 11.1. The van der Waals surface area contributed by atoms with Crippen LogP contribution in [0.3, 0.4) is 0 Å². The van der Waals surface area contributed by atoms with Crippen LogP contribution in [0.15, 0.2) is 16.2 Å². The molecule has 0 aliphatic carbocycles. The molecule has 2 aromatic rings. The topological polar surface area (TPSA) is 85.8 Å². The van der Waals surface area contributed by atoms with Crippen molar-refractivity contribution in [2.75, 3.05) is 11.1 Å². The zero-order valence-corrected chi connectivity index (χ0v) is 10.7. The second-order valence-corrected chi connectivity index (χ2v) is 5.44. The van der Waals surface area contributed by atoms with Crippen LogP contribution in [-0.4, -0.2) is 20.7 Å². The minimum absolute atomic E-state index is 0.203. The van der Waals surface area contributed by atoms with Gasteiger partial charge in [0.2, 0.25) is 0 Å². The normalized spacial score (nSPS) is 10.4. The number of amides is 1. The Morgan fingerprint density at radius 2 is 2.44 bits per heavy atom. The average molecular weight is 302 g/mol. The number of carbonyl (C=O) groups is 1. The van der Waals surface area contributed by atoms with E-state index in [0.717, 1.165) is 3.79 Å². The third-order valence-electron chi connectivity index (χ3n) is 1.77. The number of nitrogens with two attached hydrogens (primary N) is 1. The van der Waals surface area contributed by atoms with Gasteiger partial charge in [-0.15, -0.1) is 0 Å². The van der Waals surface area contributed by atoms with E-state index in [1.165, 1.54) is 16.0 Å². The van der Waals surface area contributed by atoms with Gasteiger partial charge in [0, 0.05) is 13.2 Å². The Morgan fingerprint density at radius 1 is 1.69 bits per heavy atom. The number of nitrogens with zero attached hydrogens (tertiary/aromatic N) is 3. The fourth-order valence-electron chi connectivity index (χ4n) is 1.15. The van der Waals surface area contributed by atoms with Gasteiger partial charge in [0.25, 0.3) is 5.91 Å². The molecule has 2 rings (SSSR count). The first-order valence-corrected chi connectivity index (χ1v) is 5.89. The summed E-state index contributed by atoms with van der Waals surface area (Å²) in [4.78, 5) is 15.7. The van der Waals surface area contributed by atoms with E-state index >= 15 is 0 Å². The molecule has 6 nitrogen and oxygen atoms in total. The van der Waals surface area contributed by atoms with E-state index in [0.29, 0.717) is 10.8 Å². The van der Waals surface area contributed by atoms with Crippen molar-refractivity contribution in [2.45, 2.75) is 0 Å². The number of rotatable bonds is 2. The minimum atomic E-state index is -0.361. The lowest BCUT2D eigenvalue weighted by Crippen LogP contribution is -2.14. The summed E-state index contributed by atoms with van der Waals surface area (Å²) in [5, 5.41) is 7.08. The van der Waals surface area contributed by atoms with E-state index < -0.39 is 0 Å².